The van der Waals surface area contributed by atoms with Crippen molar-refractivity contribution < 1.29 is 4.92 Å². The molecule has 0 unspecified atom stereocenters. The van der Waals surface area contributed by atoms with Crippen LogP contribution in [0.5, 0.6) is 0 Å². The van der Waals surface area contributed by atoms with E-state index in [9.17, 15) is 10.1 Å². The summed E-state index contributed by atoms with van der Waals surface area (Å²) in [7, 11) is 2.12. The van der Waals surface area contributed by atoms with Gasteiger partial charge >= 0.3 is 5.69 Å². The molecule has 7 nitrogen and oxygen atoms in total. The molecular formula is C14H19N5O2. The molecule has 0 bridgehead atoms. The number of nitrogens with zero attached hydrogens (tertiary/aromatic N) is 4. The summed E-state index contributed by atoms with van der Waals surface area (Å²) in [5.41, 5.74) is 0.0556. The molecular weight excluding hydrogens is 270 g/mol. The van der Waals surface area contributed by atoms with Crippen molar-refractivity contribution in [2.45, 2.75) is 19.3 Å². The molecule has 1 N–H and O–H groups in total. The highest BCUT2D eigenvalue weighted by molar-refractivity contribution is 5.58. The standard InChI is InChI=1S/C14H19N5O2/c1-18-6-3-11(4-7-18)2-5-16-14-13(19(20)21)8-12(9-15)10-17-14/h8,10-11H,2-7H2,1H3,(H,16,17). The summed E-state index contributed by atoms with van der Waals surface area (Å²) >= 11 is 0. The van der Waals surface area contributed by atoms with E-state index < -0.39 is 4.92 Å². The molecule has 7 heteroatoms. The van der Waals surface area contributed by atoms with E-state index in [4.69, 9.17) is 5.26 Å². The summed E-state index contributed by atoms with van der Waals surface area (Å²) in [6.07, 6.45) is 4.67. The number of aromatic nitrogens is 1. The van der Waals surface area contributed by atoms with Crippen LogP contribution in [0.2, 0.25) is 0 Å². The Balaban J connectivity index is 1.91. The van der Waals surface area contributed by atoms with Crippen LogP contribution in [0, 0.1) is 27.4 Å². The van der Waals surface area contributed by atoms with Crippen molar-refractivity contribution in [3.8, 4) is 6.07 Å². The smallest absolute Gasteiger partial charge is 0.312 e. The summed E-state index contributed by atoms with van der Waals surface area (Å²) in [5.74, 6) is 0.901. The Kier molecular flexibility index (Phi) is 5.06. The zero-order valence-electron chi connectivity index (χ0n) is 12.1. The summed E-state index contributed by atoms with van der Waals surface area (Å²) in [6.45, 7) is 2.88. The molecule has 0 aromatic carbocycles. The number of nitrogens with one attached hydrogen (secondary N) is 1. The van der Waals surface area contributed by atoms with Crippen LogP contribution < -0.4 is 5.32 Å². The van der Waals surface area contributed by atoms with Crippen molar-refractivity contribution >= 4 is 11.5 Å². The van der Waals surface area contributed by atoms with Gasteiger partial charge in [-0.05, 0) is 45.3 Å². The Morgan fingerprint density at radius 2 is 2.29 bits per heavy atom. The molecule has 1 aromatic rings. The molecule has 1 aliphatic rings. The number of piperidine rings is 1. The Morgan fingerprint density at radius 1 is 1.57 bits per heavy atom. The Labute approximate surface area is 123 Å². The van der Waals surface area contributed by atoms with Crippen molar-refractivity contribution in [1.82, 2.24) is 9.88 Å². The van der Waals surface area contributed by atoms with Crippen LogP contribution in [-0.4, -0.2) is 41.5 Å². The molecule has 1 fully saturated rings. The fraction of sp³-hybridized carbons (Fsp3) is 0.571. The molecule has 0 atom stereocenters. The number of hydrogen-bond donors (Lipinski definition) is 1. The maximum absolute atomic E-state index is 11.0. The van der Waals surface area contributed by atoms with Gasteiger partial charge < -0.3 is 10.2 Å². The molecule has 1 saturated heterocycles. The summed E-state index contributed by atoms with van der Waals surface area (Å²) in [6, 6.07) is 3.12. The minimum atomic E-state index is -0.508. The number of anilines is 1. The van der Waals surface area contributed by atoms with Crippen molar-refractivity contribution in [3.05, 3.63) is 27.9 Å². The van der Waals surface area contributed by atoms with Gasteiger partial charge in [0.15, 0.2) is 0 Å². The molecule has 1 aromatic heterocycles. The van der Waals surface area contributed by atoms with Crippen molar-refractivity contribution in [2.75, 3.05) is 32.0 Å². The number of nitro groups is 1. The minimum absolute atomic E-state index is 0.141. The summed E-state index contributed by atoms with van der Waals surface area (Å²) < 4.78 is 0. The molecule has 0 radical (unpaired) electrons. The second-order valence-corrected chi connectivity index (χ2v) is 5.42. The van der Waals surface area contributed by atoms with Crippen LogP contribution >= 0.6 is 0 Å². The van der Waals surface area contributed by atoms with Crippen LogP contribution in [0.3, 0.4) is 0 Å². The first-order valence-corrected chi connectivity index (χ1v) is 7.07. The number of likely N-dealkylation sites (tertiary alicyclic amines) is 1. The van der Waals surface area contributed by atoms with Crippen LogP contribution in [-0.2, 0) is 0 Å². The van der Waals surface area contributed by atoms with Gasteiger partial charge in [-0.3, -0.25) is 10.1 Å². The molecule has 0 saturated carbocycles. The first-order valence-electron chi connectivity index (χ1n) is 7.07. The molecule has 0 aliphatic carbocycles. The Morgan fingerprint density at radius 3 is 2.90 bits per heavy atom. The summed E-state index contributed by atoms with van der Waals surface area (Å²) in [4.78, 5) is 16.8. The van der Waals surface area contributed by atoms with E-state index in [0.29, 0.717) is 12.5 Å². The molecule has 1 aliphatic heterocycles. The van der Waals surface area contributed by atoms with Gasteiger partial charge in [-0.25, -0.2) is 4.98 Å². The average Bonchev–Trinajstić information content (AvgIpc) is 2.49. The lowest BCUT2D eigenvalue weighted by molar-refractivity contribution is -0.384. The van der Waals surface area contributed by atoms with Crippen molar-refractivity contribution in [3.63, 3.8) is 0 Å². The normalized spacial score (nSPS) is 16.4. The maximum atomic E-state index is 11.0. The zero-order chi connectivity index (χ0) is 15.2. The van der Waals surface area contributed by atoms with E-state index in [-0.39, 0.29) is 17.1 Å². The number of nitriles is 1. The third kappa shape index (κ3) is 4.13. The van der Waals surface area contributed by atoms with E-state index >= 15 is 0 Å². The molecule has 21 heavy (non-hydrogen) atoms. The van der Waals surface area contributed by atoms with Crippen molar-refractivity contribution in [1.29, 1.82) is 5.26 Å². The first kappa shape index (κ1) is 15.2. The third-order valence-corrected chi connectivity index (χ3v) is 3.88. The fourth-order valence-electron chi connectivity index (χ4n) is 2.54. The van der Waals surface area contributed by atoms with Gasteiger partial charge in [0.2, 0.25) is 5.82 Å². The third-order valence-electron chi connectivity index (χ3n) is 3.88. The van der Waals surface area contributed by atoms with Gasteiger partial charge in [-0.2, -0.15) is 5.26 Å². The van der Waals surface area contributed by atoms with Gasteiger partial charge in [-0.1, -0.05) is 0 Å². The monoisotopic (exact) mass is 289 g/mol. The number of rotatable bonds is 5. The van der Waals surface area contributed by atoms with E-state index in [2.05, 4.69) is 22.2 Å². The second kappa shape index (κ2) is 6.99. The molecule has 112 valence electrons. The van der Waals surface area contributed by atoms with Crippen LogP contribution in [0.4, 0.5) is 11.5 Å². The van der Waals surface area contributed by atoms with Gasteiger partial charge in [0.05, 0.1) is 10.5 Å². The van der Waals surface area contributed by atoms with Gasteiger partial charge in [0.25, 0.3) is 0 Å². The van der Waals surface area contributed by atoms with Gasteiger partial charge in [-0.15, -0.1) is 0 Å². The zero-order valence-corrected chi connectivity index (χ0v) is 12.1. The minimum Gasteiger partial charge on any atom is -0.364 e. The first-order chi connectivity index (χ1) is 10.1. The highest BCUT2D eigenvalue weighted by Crippen LogP contribution is 2.24. The lowest BCUT2D eigenvalue weighted by Crippen LogP contribution is -2.30. The maximum Gasteiger partial charge on any atom is 0.312 e. The SMILES string of the molecule is CN1CCC(CCNc2ncc(C#N)cc2[N+](=O)[O-])CC1. The van der Waals surface area contributed by atoms with Crippen LogP contribution in [0.25, 0.3) is 0 Å². The van der Waals surface area contributed by atoms with E-state index in [1.807, 2.05) is 6.07 Å². The largest absolute Gasteiger partial charge is 0.364 e. The Bertz CT molecular complexity index is 547. The van der Waals surface area contributed by atoms with Crippen molar-refractivity contribution in [2.24, 2.45) is 5.92 Å². The number of hydrogen-bond acceptors (Lipinski definition) is 6. The van der Waals surface area contributed by atoms with E-state index in [0.717, 1.165) is 19.5 Å². The van der Waals surface area contributed by atoms with E-state index in [1.54, 1.807) is 0 Å². The lowest BCUT2D eigenvalue weighted by atomic mass is 9.94. The molecule has 0 spiro atoms. The van der Waals surface area contributed by atoms with Crippen LogP contribution in [0.1, 0.15) is 24.8 Å². The quantitative estimate of drug-likeness (QED) is 0.658. The molecule has 2 rings (SSSR count). The lowest BCUT2D eigenvalue weighted by Gasteiger charge is -2.28. The molecule has 2 heterocycles. The Hall–Kier alpha value is -2.20. The highest BCUT2D eigenvalue weighted by Gasteiger charge is 2.18. The number of pyridine rings is 1. The predicted octanol–water partition coefficient (Wildman–Crippen LogP) is 2.01. The molecule has 0 amide bonds. The van der Waals surface area contributed by atoms with Crippen LogP contribution in [0.15, 0.2) is 12.3 Å². The topological polar surface area (TPSA) is 95.1 Å². The highest BCUT2D eigenvalue weighted by atomic mass is 16.6. The summed E-state index contributed by atoms with van der Waals surface area (Å²) in [5, 5.41) is 22.8. The fourth-order valence-corrected chi connectivity index (χ4v) is 2.54. The van der Waals surface area contributed by atoms with Gasteiger partial charge in [0, 0.05) is 18.8 Å². The van der Waals surface area contributed by atoms with Gasteiger partial charge in [0.1, 0.15) is 6.07 Å². The predicted molar refractivity (Wildman–Crippen MR) is 78.9 cm³/mol. The van der Waals surface area contributed by atoms with E-state index in [1.165, 1.54) is 25.1 Å². The average molecular weight is 289 g/mol. The second-order valence-electron chi connectivity index (χ2n) is 5.42.